The first-order chi connectivity index (χ1) is 23.5. The summed E-state index contributed by atoms with van der Waals surface area (Å²) in [4.78, 5) is 47.9. The zero-order valence-electron chi connectivity index (χ0n) is 31.5. The van der Waals surface area contributed by atoms with E-state index in [0.29, 0.717) is 18.4 Å². The van der Waals surface area contributed by atoms with E-state index in [9.17, 15) is 19.5 Å². The highest BCUT2D eigenvalue weighted by Crippen LogP contribution is 2.42. The number of nitrogens with zero attached hydrogens (tertiary/aromatic N) is 3. The summed E-state index contributed by atoms with van der Waals surface area (Å²) in [7, 11) is 5.38. The Morgan fingerprint density at radius 2 is 1.78 bits per heavy atom. The van der Waals surface area contributed by atoms with E-state index >= 15 is 0 Å². The molecule has 3 aliphatic heterocycles. The van der Waals surface area contributed by atoms with Crippen molar-refractivity contribution in [2.45, 2.75) is 135 Å². The molecule has 12 atom stereocenters. The van der Waals surface area contributed by atoms with Crippen molar-refractivity contribution in [1.29, 1.82) is 0 Å². The Morgan fingerprint density at radius 3 is 2.38 bits per heavy atom. The number of cyclic esters (lactones) is 1. The number of methoxy groups -OCH3 is 1. The maximum atomic E-state index is 14.5. The number of fused-ring (bicyclic) bond motifs is 1. The number of aliphatic hydroxyl groups excluding tert-OH is 1. The third kappa shape index (κ3) is 8.24. The first-order valence-corrected chi connectivity index (χ1v) is 17.8. The molecule has 0 spiro atoms. The third-order valence-corrected chi connectivity index (χ3v) is 10.9. The van der Waals surface area contributed by atoms with Crippen molar-refractivity contribution in [3.8, 4) is 0 Å². The van der Waals surface area contributed by atoms with Crippen molar-refractivity contribution in [3.63, 3.8) is 0 Å². The Kier molecular flexibility index (Phi) is 12.9. The zero-order chi connectivity index (χ0) is 37.1. The number of aliphatic hydroxyl groups is 1. The van der Waals surface area contributed by atoms with Crippen LogP contribution in [0.1, 0.15) is 80.2 Å². The van der Waals surface area contributed by atoms with Gasteiger partial charge >= 0.3 is 12.1 Å². The minimum atomic E-state index is -1.36. The maximum Gasteiger partial charge on any atom is 0.425 e. The molecule has 2 saturated heterocycles. The number of ether oxygens (including phenoxy) is 5. The van der Waals surface area contributed by atoms with Crippen LogP contribution in [0.3, 0.4) is 0 Å². The van der Waals surface area contributed by atoms with Crippen LogP contribution in [0.4, 0.5) is 4.79 Å². The van der Waals surface area contributed by atoms with Crippen LogP contribution in [0.15, 0.2) is 36.2 Å². The molecule has 50 heavy (non-hydrogen) atoms. The number of aromatic nitrogens is 1. The zero-order valence-corrected chi connectivity index (χ0v) is 31.5. The second-order valence-electron chi connectivity index (χ2n) is 15.0. The lowest BCUT2D eigenvalue weighted by Crippen LogP contribution is -2.60. The lowest BCUT2D eigenvalue weighted by atomic mass is 9.74. The lowest BCUT2D eigenvalue weighted by Gasteiger charge is -2.46. The molecule has 1 aromatic rings. The quantitative estimate of drug-likeness (QED) is 0.377. The average molecular weight is 703 g/mol. The van der Waals surface area contributed by atoms with Gasteiger partial charge in [0, 0.05) is 55.4 Å². The predicted molar refractivity (Wildman–Crippen MR) is 185 cm³/mol. The number of esters is 1. The number of hydrazine groups is 1. The van der Waals surface area contributed by atoms with Crippen LogP contribution in [-0.4, -0.2) is 113 Å². The fraction of sp³-hybridized carbons (Fsp3) is 0.730. The second-order valence-corrected chi connectivity index (χ2v) is 15.0. The minimum absolute atomic E-state index is 0.120. The van der Waals surface area contributed by atoms with Crippen LogP contribution in [-0.2, 0) is 39.8 Å². The van der Waals surface area contributed by atoms with Gasteiger partial charge in [-0.2, -0.15) is 0 Å². The van der Waals surface area contributed by atoms with E-state index < -0.39 is 71.7 Å². The van der Waals surface area contributed by atoms with Crippen molar-refractivity contribution in [2.75, 3.05) is 21.2 Å². The number of hydrogen-bond donors (Lipinski definition) is 2. The number of carbonyl (C=O) groups excluding carboxylic acids is 3. The molecule has 0 aliphatic carbocycles. The molecule has 0 saturated carbocycles. The first kappa shape index (κ1) is 39.8. The number of hydrogen-bond acceptors (Lipinski definition) is 12. The molecule has 1 unspecified atom stereocenters. The van der Waals surface area contributed by atoms with Crippen molar-refractivity contribution < 1.29 is 43.2 Å². The van der Waals surface area contributed by atoms with E-state index in [0.717, 1.165) is 5.56 Å². The molecule has 0 radical (unpaired) electrons. The van der Waals surface area contributed by atoms with Crippen molar-refractivity contribution in [3.05, 3.63) is 41.7 Å². The first-order valence-electron chi connectivity index (χ1n) is 17.8. The number of carbonyl (C=O) groups is 3. The topological polar surface area (TPSA) is 149 Å². The standard InChI is InChI=1S/C37H58N4O9/c1-12-28-37(8)31(41(35(45)50-37)39-20-26-13-15-38-16-14-26)25(6)29(42)23(4)19-36(7,46-11)32(21(2)17-22(3)33(44)48-28)49-34-30(43)27(40(9)10)18-24(5)47-34/h13-17,21,23-25,27-28,30-32,34,39,43H,12,18-20H2,1-11H3/b22-17+/t21-,23+,24+,25-,27-,28?,30+,31+,32+,34-,36+,37+/m0/s1. The summed E-state index contributed by atoms with van der Waals surface area (Å²) in [6.07, 6.45) is 1.90. The molecule has 2 N–H and O–H groups in total. The summed E-state index contributed by atoms with van der Waals surface area (Å²) in [5, 5.41) is 12.7. The fourth-order valence-corrected chi connectivity index (χ4v) is 8.11. The van der Waals surface area contributed by atoms with Gasteiger partial charge in [-0.3, -0.25) is 9.78 Å². The maximum absolute atomic E-state index is 14.5. The minimum Gasteiger partial charge on any atom is -0.455 e. The van der Waals surface area contributed by atoms with Crippen LogP contribution in [0.25, 0.3) is 0 Å². The van der Waals surface area contributed by atoms with Crippen LogP contribution in [0.2, 0.25) is 0 Å². The number of likely N-dealkylation sites (N-methyl/N-ethyl adjacent to an activating group) is 1. The monoisotopic (exact) mass is 702 g/mol. The average Bonchev–Trinajstić information content (AvgIpc) is 3.34. The van der Waals surface area contributed by atoms with E-state index in [1.807, 2.05) is 65.7 Å². The van der Waals surface area contributed by atoms with Gasteiger partial charge in [-0.1, -0.05) is 33.8 Å². The molecule has 3 aliphatic rings. The molecule has 0 aromatic carbocycles. The molecule has 4 rings (SSSR count). The van der Waals surface area contributed by atoms with Gasteiger partial charge in [0.1, 0.15) is 24.0 Å². The van der Waals surface area contributed by atoms with Gasteiger partial charge in [0.05, 0.1) is 17.8 Å². The molecule has 0 bridgehead atoms. The number of ketones is 1. The van der Waals surface area contributed by atoms with E-state index in [4.69, 9.17) is 23.7 Å². The molecule has 4 heterocycles. The van der Waals surface area contributed by atoms with Gasteiger partial charge in [-0.15, -0.1) is 0 Å². The van der Waals surface area contributed by atoms with Crippen LogP contribution in [0, 0.1) is 17.8 Å². The van der Waals surface area contributed by atoms with Crippen molar-refractivity contribution in [1.82, 2.24) is 20.3 Å². The number of rotatable bonds is 8. The summed E-state index contributed by atoms with van der Waals surface area (Å²) >= 11 is 0. The summed E-state index contributed by atoms with van der Waals surface area (Å²) in [5.74, 6) is -2.45. The second kappa shape index (κ2) is 16.2. The molecular weight excluding hydrogens is 644 g/mol. The summed E-state index contributed by atoms with van der Waals surface area (Å²) < 4.78 is 31.2. The highest BCUT2D eigenvalue weighted by atomic mass is 16.7. The smallest absolute Gasteiger partial charge is 0.425 e. The molecule has 1 amide bonds. The summed E-state index contributed by atoms with van der Waals surface area (Å²) in [6.45, 7) is 14.9. The molecule has 2 fully saturated rings. The normalized spacial score (nSPS) is 40.1. The Hall–Kier alpha value is -2.94. The SMILES string of the molecule is CCC1OC(=O)/C(C)=C/[C@H](C)[C@@H](O[C@@H]2O[C@H](C)C[C@H](N(C)C)[C@H]2O)[C@](C)(OC)C[C@@H](C)C(=O)[C@H](C)[C@H]2N(NCc3ccncc3)C(=O)O[C@]12C. The van der Waals surface area contributed by atoms with Crippen molar-refractivity contribution in [2.24, 2.45) is 17.8 Å². The molecule has 280 valence electrons. The van der Waals surface area contributed by atoms with Crippen LogP contribution in [0.5, 0.6) is 0 Å². The predicted octanol–water partition coefficient (Wildman–Crippen LogP) is 4.03. The van der Waals surface area contributed by atoms with E-state index in [1.165, 1.54) is 5.01 Å². The number of pyridine rings is 1. The fourth-order valence-electron chi connectivity index (χ4n) is 8.11. The van der Waals surface area contributed by atoms with Crippen LogP contribution < -0.4 is 5.43 Å². The van der Waals surface area contributed by atoms with Gasteiger partial charge in [0.15, 0.2) is 11.9 Å². The van der Waals surface area contributed by atoms with Gasteiger partial charge in [0.2, 0.25) is 0 Å². The van der Waals surface area contributed by atoms with Crippen LogP contribution >= 0.6 is 0 Å². The Labute approximate surface area is 297 Å². The van der Waals surface area contributed by atoms with E-state index in [1.54, 1.807) is 46.4 Å². The van der Waals surface area contributed by atoms with E-state index in [2.05, 4.69) is 10.4 Å². The molecular formula is C37H58N4O9. The Bertz CT molecular complexity index is 1380. The number of nitrogens with one attached hydrogen (secondary N) is 1. The Balaban J connectivity index is 1.76. The highest BCUT2D eigenvalue weighted by molar-refractivity contribution is 5.88. The molecule has 1 aromatic heterocycles. The Morgan fingerprint density at radius 1 is 1.12 bits per heavy atom. The molecule has 13 heteroatoms. The van der Waals surface area contributed by atoms with Gasteiger partial charge < -0.3 is 33.7 Å². The van der Waals surface area contributed by atoms with Gasteiger partial charge in [-0.25, -0.2) is 20.0 Å². The molecule has 13 nitrogen and oxygen atoms in total. The largest absolute Gasteiger partial charge is 0.455 e. The highest BCUT2D eigenvalue weighted by Gasteiger charge is 2.60. The number of amides is 1. The summed E-state index contributed by atoms with van der Waals surface area (Å²) in [6, 6.07) is 2.62. The van der Waals surface area contributed by atoms with Gasteiger partial charge in [-0.05, 0) is 78.7 Å². The lowest BCUT2D eigenvalue weighted by molar-refractivity contribution is -0.294. The van der Waals surface area contributed by atoms with Gasteiger partial charge in [0.25, 0.3) is 0 Å². The van der Waals surface area contributed by atoms with E-state index in [-0.39, 0.29) is 30.9 Å². The number of Topliss-reactive ketones (excluding diaryl/α,β-unsaturated/α-hetero) is 1. The third-order valence-electron chi connectivity index (χ3n) is 10.9. The van der Waals surface area contributed by atoms with Crippen molar-refractivity contribution >= 4 is 17.8 Å². The summed E-state index contributed by atoms with van der Waals surface area (Å²) in [5.41, 5.74) is 1.96.